The molecule has 0 saturated heterocycles. The van der Waals surface area contributed by atoms with E-state index in [1.54, 1.807) is 11.3 Å². The second kappa shape index (κ2) is 3.22. The summed E-state index contributed by atoms with van der Waals surface area (Å²) in [5.74, 6) is 0. The molecule has 12 heavy (non-hydrogen) atoms. The molecule has 0 spiro atoms. The largest absolute Gasteiger partial charge is 0.272 e. The van der Waals surface area contributed by atoms with Crippen molar-refractivity contribution in [1.29, 1.82) is 0 Å². The highest BCUT2D eigenvalue weighted by atomic mass is 35.5. The molecule has 1 heterocycles. The first-order chi connectivity index (χ1) is 5.79. The van der Waals surface area contributed by atoms with E-state index in [0.717, 1.165) is 31.5 Å². The van der Waals surface area contributed by atoms with Gasteiger partial charge in [0.2, 0.25) is 0 Å². The summed E-state index contributed by atoms with van der Waals surface area (Å²) in [5.41, 5.74) is 0.956. The molecule has 0 bridgehead atoms. The molecule has 62 valence electrons. The van der Waals surface area contributed by atoms with Crippen LogP contribution in [0.3, 0.4) is 0 Å². The zero-order valence-corrected chi connectivity index (χ0v) is 8.34. The Morgan fingerprint density at radius 1 is 1.50 bits per heavy atom. The maximum atomic E-state index is 5.81. The second-order valence-corrected chi connectivity index (χ2v) is 4.56. The smallest absolute Gasteiger partial charge is 0.165 e. The Morgan fingerprint density at radius 3 is 3.08 bits per heavy atom. The first kappa shape index (κ1) is 8.31. The van der Waals surface area contributed by atoms with Crippen LogP contribution in [-0.4, -0.2) is 4.98 Å². The molecule has 0 atom stereocenters. The van der Waals surface area contributed by atoms with Crippen LogP contribution in [0.5, 0.6) is 0 Å². The summed E-state index contributed by atoms with van der Waals surface area (Å²) in [6, 6.07) is 5.62. The zero-order valence-electron chi connectivity index (χ0n) is 5.95. The Hall–Kier alpha value is -0.290. The third kappa shape index (κ3) is 1.43. The lowest BCUT2D eigenvalue weighted by molar-refractivity contribution is 1.30. The van der Waals surface area contributed by atoms with Crippen molar-refractivity contribution < 1.29 is 0 Å². The maximum Gasteiger partial charge on any atom is 0.165 e. The number of fused-ring (bicyclic) bond motifs is 1. The number of nitrogens with zero attached hydrogens (tertiary/aromatic N) is 1. The summed E-state index contributed by atoms with van der Waals surface area (Å²) in [6.07, 6.45) is 0. The maximum absolute atomic E-state index is 5.81. The van der Waals surface area contributed by atoms with Crippen LogP contribution >= 0.6 is 34.9 Å². The molecule has 0 radical (unpaired) electrons. The molecule has 0 aliphatic heterocycles. The minimum absolute atomic E-state index is 0.736. The first-order valence-electron chi connectivity index (χ1n) is 3.22. The van der Waals surface area contributed by atoms with Gasteiger partial charge < -0.3 is 0 Å². The molecular formula is C7H5ClN2S2. The molecule has 0 amide bonds. The quantitative estimate of drug-likeness (QED) is 0.745. The normalized spacial score (nSPS) is 10.8. The van der Waals surface area contributed by atoms with Gasteiger partial charge in [0.05, 0.1) is 10.2 Å². The third-order valence-corrected chi connectivity index (χ3v) is 3.31. The predicted molar refractivity (Wildman–Crippen MR) is 54.7 cm³/mol. The Morgan fingerprint density at radius 2 is 2.33 bits per heavy atom. The first-order valence-corrected chi connectivity index (χ1v) is 5.30. The molecule has 0 saturated carbocycles. The highest BCUT2D eigenvalue weighted by Gasteiger charge is 2.02. The molecule has 2 rings (SSSR count). The summed E-state index contributed by atoms with van der Waals surface area (Å²) < 4.78 is 1.95. The van der Waals surface area contributed by atoms with Crippen LogP contribution in [0.15, 0.2) is 22.5 Å². The monoisotopic (exact) mass is 216 g/mol. The van der Waals surface area contributed by atoms with Gasteiger partial charge in [0.25, 0.3) is 0 Å². The predicted octanol–water partition coefficient (Wildman–Crippen LogP) is 2.92. The molecule has 0 aliphatic carbocycles. The average molecular weight is 217 g/mol. The molecule has 5 heteroatoms. The number of thiazole rings is 1. The van der Waals surface area contributed by atoms with Crippen LogP contribution in [0, 0.1) is 0 Å². The number of nitrogens with two attached hydrogens (primary N) is 1. The van der Waals surface area contributed by atoms with Gasteiger partial charge in [0.15, 0.2) is 4.34 Å². The molecule has 0 aliphatic rings. The number of halogens is 1. The van der Waals surface area contributed by atoms with E-state index in [0.29, 0.717) is 0 Å². The lowest BCUT2D eigenvalue weighted by atomic mass is 10.3. The van der Waals surface area contributed by atoms with Gasteiger partial charge >= 0.3 is 0 Å². The van der Waals surface area contributed by atoms with E-state index >= 15 is 0 Å². The number of aromatic nitrogens is 1. The highest BCUT2D eigenvalue weighted by Crippen LogP contribution is 2.28. The summed E-state index contributed by atoms with van der Waals surface area (Å²) in [4.78, 5) is 4.27. The second-order valence-electron chi connectivity index (χ2n) is 2.21. The fraction of sp³-hybridized carbons (Fsp3) is 0. The van der Waals surface area contributed by atoms with Crippen LogP contribution in [0.2, 0.25) is 5.02 Å². The van der Waals surface area contributed by atoms with Gasteiger partial charge in [-0.15, -0.1) is 11.3 Å². The van der Waals surface area contributed by atoms with Crippen molar-refractivity contribution in [3.63, 3.8) is 0 Å². The van der Waals surface area contributed by atoms with Crippen molar-refractivity contribution in [1.82, 2.24) is 4.98 Å². The Bertz CT molecular complexity index is 413. The number of benzene rings is 1. The topological polar surface area (TPSA) is 38.9 Å². The molecule has 1 aromatic carbocycles. The molecule has 2 N–H and O–H groups in total. The highest BCUT2D eigenvalue weighted by molar-refractivity contribution is 7.99. The summed E-state index contributed by atoms with van der Waals surface area (Å²) in [7, 11) is 0. The molecule has 0 fully saturated rings. The third-order valence-electron chi connectivity index (χ3n) is 1.43. The van der Waals surface area contributed by atoms with Gasteiger partial charge in [-0.05, 0) is 30.1 Å². The number of rotatable bonds is 1. The van der Waals surface area contributed by atoms with Crippen molar-refractivity contribution >= 4 is 45.1 Å². The van der Waals surface area contributed by atoms with E-state index < -0.39 is 0 Å². The summed E-state index contributed by atoms with van der Waals surface area (Å²) in [5, 5.41) is 6.12. The van der Waals surface area contributed by atoms with E-state index in [1.165, 1.54) is 0 Å². The van der Waals surface area contributed by atoms with Crippen LogP contribution in [0.25, 0.3) is 10.2 Å². The zero-order chi connectivity index (χ0) is 8.55. The molecule has 2 nitrogen and oxygen atoms in total. The van der Waals surface area contributed by atoms with E-state index in [1.807, 2.05) is 18.2 Å². The Kier molecular flexibility index (Phi) is 2.23. The molecular weight excluding hydrogens is 212 g/mol. The van der Waals surface area contributed by atoms with E-state index in [-0.39, 0.29) is 0 Å². The molecule has 1 aromatic heterocycles. The van der Waals surface area contributed by atoms with Crippen molar-refractivity contribution in [3.05, 3.63) is 23.2 Å². The van der Waals surface area contributed by atoms with Crippen LogP contribution in [-0.2, 0) is 0 Å². The van der Waals surface area contributed by atoms with Crippen molar-refractivity contribution in [2.75, 3.05) is 0 Å². The van der Waals surface area contributed by atoms with Gasteiger partial charge in [-0.2, -0.15) is 0 Å². The number of hydrogen-bond acceptors (Lipinski definition) is 4. The summed E-state index contributed by atoms with van der Waals surface area (Å²) >= 11 is 8.53. The fourth-order valence-corrected chi connectivity index (χ4v) is 2.51. The standard InChI is InChI=1S/C7H5ClN2S2/c8-4-1-2-5-6(3-4)11-7(10-5)12-9/h1-3H,9H2. The van der Waals surface area contributed by atoms with Crippen LogP contribution in [0.1, 0.15) is 0 Å². The van der Waals surface area contributed by atoms with Crippen LogP contribution < -0.4 is 5.14 Å². The van der Waals surface area contributed by atoms with Gasteiger partial charge in [-0.1, -0.05) is 11.6 Å². The van der Waals surface area contributed by atoms with Crippen LogP contribution in [0.4, 0.5) is 0 Å². The minimum Gasteiger partial charge on any atom is -0.272 e. The lowest BCUT2D eigenvalue weighted by Gasteiger charge is -1.86. The van der Waals surface area contributed by atoms with Crippen molar-refractivity contribution in [2.24, 2.45) is 5.14 Å². The van der Waals surface area contributed by atoms with Gasteiger partial charge in [0.1, 0.15) is 0 Å². The fourth-order valence-electron chi connectivity index (χ4n) is 0.928. The minimum atomic E-state index is 0.736. The SMILES string of the molecule is NSc1nc2ccc(Cl)cc2s1. The van der Waals surface area contributed by atoms with E-state index in [4.69, 9.17) is 16.7 Å². The Labute approximate surface area is 82.9 Å². The lowest BCUT2D eigenvalue weighted by Crippen LogP contribution is -1.75. The summed E-state index contributed by atoms with van der Waals surface area (Å²) in [6.45, 7) is 0. The van der Waals surface area contributed by atoms with Crippen molar-refractivity contribution in [3.8, 4) is 0 Å². The van der Waals surface area contributed by atoms with Gasteiger partial charge in [0, 0.05) is 5.02 Å². The Balaban J connectivity index is 2.67. The van der Waals surface area contributed by atoms with Gasteiger partial charge in [-0.25, -0.2) is 4.98 Å². The number of hydrogen-bond donors (Lipinski definition) is 1. The molecule has 0 unspecified atom stereocenters. The van der Waals surface area contributed by atoms with E-state index in [9.17, 15) is 0 Å². The van der Waals surface area contributed by atoms with E-state index in [2.05, 4.69) is 4.98 Å². The van der Waals surface area contributed by atoms with Crippen molar-refractivity contribution in [2.45, 2.75) is 4.34 Å². The van der Waals surface area contributed by atoms with Gasteiger partial charge in [-0.3, -0.25) is 5.14 Å². The molecule has 2 aromatic rings. The average Bonchev–Trinajstić information content (AvgIpc) is 2.46.